The van der Waals surface area contributed by atoms with E-state index in [1.807, 2.05) is 12.1 Å². The van der Waals surface area contributed by atoms with Crippen molar-refractivity contribution in [2.24, 2.45) is 11.1 Å². The predicted octanol–water partition coefficient (Wildman–Crippen LogP) is -1.91. The molecule has 0 heterocycles. The summed E-state index contributed by atoms with van der Waals surface area (Å²) >= 11 is 0. The number of carbonyl (C=O) groups excluding carboxylic acids is 2. The summed E-state index contributed by atoms with van der Waals surface area (Å²) in [5, 5.41) is 2.70. The normalized spacial score (nSPS) is 19.5. The van der Waals surface area contributed by atoms with Gasteiger partial charge in [0.25, 0.3) is 0 Å². The van der Waals surface area contributed by atoms with Gasteiger partial charge in [-0.05, 0) is 36.1 Å². The van der Waals surface area contributed by atoms with E-state index in [0.29, 0.717) is 24.9 Å². The Hall–Kier alpha value is -0.179. The fourth-order valence-corrected chi connectivity index (χ4v) is 2.34. The number of benzene rings is 1. The zero-order valence-corrected chi connectivity index (χ0v) is 15.4. The van der Waals surface area contributed by atoms with Crippen molar-refractivity contribution in [1.29, 1.82) is 0 Å². The molecule has 105 valence electrons. The second-order valence-electron chi connectivity index (χ2n) is 5.02. The van der Waals surface area contributed by atoms with Crippen LogP contribution in [0.3, 0.4) is 0 Å². The van der Waals surface area contributed by atoms with Crippen LogP contribution in [-0.2, 0) is 22.4 Å². The number of aryl methyl sites for hydroxylation is 1. The van der Waals surface area contributed by atoms with Crippen LogP contribution in [0, 0.1) is 12.3 Å². The number of hydrogen-bond donors (Lipinski definition) is 2. The average molecular weight is 309 g/mol. The summed E-state index contributed by atoms with van der Waals surface area (Å²) in [6.07, 6.45) is 1.74. The molecule has 21 heavy (non-hydrogen) atoms. The van der Waals surface area contributed by atoms with Crippen molar-refractivity contribution < 1.29 is 61.0 Å². The second-order valence-corrected chi connectivity index (χ2v) is 5.02. The van der Waals surface area contributed by atoms with Gasteiger partial charge in [0.05, 0.1) is 6.54 Å². The number of nitrogens with two attached hydrogens (primary N) is 1. The Balaban J connectivity index is 0.00000200. The molecule has 0 aliphatic heterocycles. The molecule has 0 saturated heterocycles. The molecule has 0 aromatic heterocycles. The molecule has 2 amide bonds. The number of fused-ring (bicyclic) bond motifs is 1. The third-order valence-corrected chi connectivity index (χ3v) is 3.56. The molecule has 1 atom stereocenters. The molecule has 1 aliphatic rings. The molecular weight excluding hydrogens is 292 g/mol. The Morgan fingerprint density at radius 2 is 2.05 bits per heavy atom. The fraction of sp³-hybridized carbons (Fsp3) is 0.357. The van der Waals surface area contributed by atoms with E-state index in [1.165, 1.54) is 0 Å². The van der Waals surface area contributed by atoms with Gasteiger partial charge in [-0.25, -0.2) is 0 Å². The molecule has 1 aliphatic carbocycles. The molecule has 5 nitrogen and oxygen atoms in total. The number of hydrogen-bond acceptors (Lipinski definition) is 3. The van der Waals surface area contributed by atoms with Gasteiger partial charge in [0, 0.05) is 20.0 Å². The third kappa shape index (κ3) is 4.91. The standard InChI is InChI=1S/C14H18N3O2.B.K/c1-14(13(16)19)5-4-9-6-11(17-12(18)8-15)3-2-10(9)7-14;;/h2-3,6H,1,4-5,7-8,15H2,(H3,16,17,18,19);;/q-1;;+1/p-1. The van der Waals surface area contributed by atoms with Gasteiger partial charge < -0.3 is 28.5 Å². The minimum Gasteiger partial charge on any atom is -0.670 e. The van der Waals surface area contributed by atoms with Crippen molar-refractivity contribution in [3.63, 3.8) is 0 Å². The quantitative estimate of drug-likeness (QED) is 0.504. The number of anilines is 1. The Bertz CT molecular complexity index is 539. The largest absolute Gasteiger partial charge is 1.00 e. The van der Waals surface area contributed by atoms with Crippen molar-refractivity contribution in [2.75, 3.05) is 11.9 Å². The maximum atomic E-state index is 11.3. The monoisotopic (exact) mass is 309 g/mol. The summed E-state index contributed by atoms with van der Waals surface area (Å²) < 4.78 is 0. The van der Waals surface area contributed by atoms with Crippen molar-refractivity contribution >= 4 is 25.9 Å². The molecule has 0 fully saturated rings. The molecule has 3 radical (unpaired) electrons. The predicted molar refractivity (Wildman–Crippen MR) is 79.0 cm³/mol. The van der Waals surface area contributed by atoms with Crippen molar-refractivity contribution in [3.8, 4) is 0 Å². The average Bonchev–Trinajstić information content (AvgIpc) is 2.38. The first-order valence-electron chi connectivity index (χ1n) is 6.18. The van der Waals surface area contributed by atoms with Crippen LogP contribution in [-0.4, -0.2) is 26.8 Å². The minimum absolute atomic E-state index is 0. The van der Waals surface area contributed by atoms with E-state index in [-0.39, 0.29) is 72.2 Å². The van der Waals surface area contributed by atoms with Crippen molar-refractivity contribution in [3.05, 3.63) is 42.0 Å². The SMILES string of the molecule is [B].[CH2-]C1(C([NH-])=O)CCc2cc(NC(=O)CN)ccc2C1.[K+]. The smallest absolute Gasteiger partial charge is 0.670 e. The van der Waals surface area contributed by atoms with Crippen LogP contribution in [0.15, 0.2) is 18.2 Å². The van der Waals surface area contributed by atoms with Crippen LogP contribution in [0.4, 0.5) is 5.69 Å². The molecule has 2 rings (SSSR count). The Morgan fingerprint density at radius 3 is 2.62 bits per heavy atom. The van der Waals surface area contributed by atoms with Gasteiger partial charge in [-0.15, -0.1) is 5.41 Å². The van der Waals surface area contributed by atoms with Gasteiger partial charge in [0.15, 0.2) is 0 Å². The number of rotatable bonds is 3. The molecule has 1 aromatic carbocycles. The van der Waals surface area contributed by atoms with E-state index in [0.717, 1.165) is 11.1 Å². The Kier molecular flexibility index (Phi) is 8.38. The van der Waals surface area contributed by atoms with E-state index in [2.05, 4.69) is 12.2 Å². The van der Waals surface area contributed by atoms with E-state index >= 15 is 0 Å². The fourth-order valence-electron chi connectivity index (χ4n) is 2.34. The van der Waals surface area contributed by atoms with Gasteiger partial charge in [-0.2, -0.15) is 0 Å². The Labute approximate surface area is 169 Å². The summed E-state index contributed by atoms with van der Waals surface area (Å²) in [7, 11) is 0. The topological polar surface area (TPSA) is 96.0 Å². The maximum absolute atomic E-state index is 11.3. The molecular formula is C14H17BKN3O2-. The summed E-state index contributed by atoms with van der Waals surface area (Å²) in [5.41, 5.74) is 14.5. The first kappa shape index (κ1) is 20.8. The number of amides is 2. The van der Waals surface area contributed by atoms with Crippen molar-refractivity contribution in [1.82, 2.24) is 0 Å². The maximum Gasteiger partial charge on any atom is 1.00 e. The van der Waals surface area contributed by atoms with Crippen LogP contribution >= 0.6 is 0 Å². The molecule has 1 unspecified atom stereocenters. The minimum atomic E-state index is -0.824. The summed E-state index contributed by atoms with van der Waals surface area (Å²) in [6, 6.07) is 5.56. The molecule has 1 aromatic rings. The van der Waals surface area contributed by atoms with Crippen LogP contribution in [0.2, 0.25) is 0 Å². The molecule has 0 saturated carbocycles. The van der Waals surface area contributed by atoms with Crippen LogP contribution < -0.4 is 62.4 Å². The molecule has 0 spiro atoms. The van der Waals surface area contributed by atoms with Crippen LogP contribution in [0.25, 0.3) is 5.73 Å². The van der Waals surface area contributed by atoms with Gasteiger partial charge >= 0.3 is 51.4 Å². The first-order valence-corrected chi connectivity index (χ1v) is 6.18. The zero-order valence-electron chi connectivity index (χ0n) is 12.2. The van der Waals surface area contributed by atoms with Gasteiger partial charge in [0.1, 0.15) is 0 Å². The van der Waals surface area contributed by atoms with E-state index < -0.39 is 11.3 Å². The Morgan fingerprint density at radius 1 is 1.38 bits per heavy atom. The summed E-state index contributed by atoms with van der Waals surface area (Å²) in [6.45, 7) is 3.84. The number of carbonyl (C=O) groups is 2. The van der Waals surface area contributed by atoms with E-state index in [4.69, 9.17) is 11.5 Å². The second kappa shape index (κ2) is 8.45. The third-order valence-electron chi connectivity index (χ3n) is 3.56. The van der Waals surface area contributed by atoms with Crippen molar-refractivity contribution in [2.45, 2.75) is 19.3 Å². The summed E-state index contributed by atoms with van der Waals surface area (Å²) in [5.74, 6) is -0.845. The number of nitrogens with one attached hydrogen (secondary N) is 2. The zero-order chi connectivity index (χ0) is 14.0. The van der Waals surface area contributed by atoms with Gasteiger partial charge in [0.2, 0.25) is 5.91 Å². The molecule has 4 N–H and O–H groups in total. The van der Waals surface area contributed by atoms with E-state index in [1.54, 1.807) is 6.07 Å². The summed E-state index contributed by atoms with van der Waals surface area (Å²) in [4.78, 5) is 22.5. The molecule has 0 bridgehead atoms. The van der Waals surface area contributed by atoms with Crippen LogP contribution in [0.5, 0.6) is 0 Å². The van der Waals surface area contributed by atoms with Gasteiger partial charge in [-0.3, -0.25) is 4.79 Å². The van der Waals surface area contributed by atoms with Gasteiger partial charge in [-0.1, -0.05) is 12.5 Å². The van der Waals surface area contributed by atoms with Crippen LogP contribution in [0.1, 0.15) is 17.5 Å². The first-order chi connectivity index (χ1) is 8.94. The molecule has 7 heteroatoms. The van der Waals surface area contributed by atoms with E-state index in [9.17, 15) is 9.59 Å².